The highest BCUT2D eigenvalue weighted by Gasteiger charge is 2.21. The maximum atomic E-state index is 12.1. The molecule has 1 rings (SSSR count). The third-order valence-electron chi connectivity index (χ3n) is 3.33. The van der Waals surface area contributed by atoms with Crippen LogP contribution < -0.4 is 15.2 Å². The van der Waals surface area contributed by atoms with Crippen molar-refractivity contribution in [3.8, 4) is 11.5 Å². The van der Waals surface area contributed by atoms with E-state index in [1.807, 2.05) is 0 Å². The molecule has 160 valence electrons. The zero-order valence-corrected chi connectivity index (χ0v) is 16.5. The molecule has 0 aromatic heterocycles. The molecule has 2 N–H and O–H groups in total. The summed E-state index contributed by atoms with van der Waals surface area (Å²) in [6, 6.07) is 3.15. The Morgan fingerprint density at radius 2 is 1.59 bits per heavy atom. The van der Waals surface area contributed by atoms with Crippen molar-refractivity contribution in [2.24, 2.45) is 5.73 Å². The minimum absolute atomic E-state index is 0.0230. The quantitative estimate of drug-likeness (QED) is 0.373. The fourth-order valence-corrected chi connectivity index (χ4v) is 2.00. The highest BCUT2D eigenvalue weighted by atomic mass is 16.7. The van der Waals surface area contributed by atoms with E-state index in [0.717, 1.165) is 14.2 Å². The third-order valence-corrected chi connectivity index (χ3v) is 3.33. The number of nitrogens with two attached hydrogens (primary N) is 1. The van der Waals surface area contributed by atoms with Crippen molar-refractivity contribution < 1.29 is 47.6 Å². The Labute approximate surface area is 166 Å². The van der Waals surface area contributed by atoms with Crippen molar-refractivity contribution in [2.45, 2.75) is 32.4 Å². The van der Waals surface area contributed by atoms with Gasteiger partial charge < -0.3 is 34.2 Å². The van der Waals surface area contributed by atoms with Gasteiger partial charge in [0.15, 0.2) is 11.5 Å². The monoisotopic (exact) mass is 413 g/mol. The summed E-state index contributed by atoms with van der Waals surface area (Å²) in [6.07, 6.45) is -2.71. The van der Waals surface area contributed by atoms with Crippen molar-refractivity contribution in [3.05, 3.63) is 23.8 Å². The van der Waals surface area contributed by atoms with E-state index in [4.69, 9.17) is 24.7 Å². The van der Waals surface area contributed by atoms with E-state index in [9.17, 15) is 19.2 Å². The lowest BCUT2D eigenvalue weighted by molar-refractivity contribution is -0.157. The van der Waals surface area contributed by atoms with E-state index in [-0.39, 0.29) is 24.5 Å². The lowest BCUT2D eigenvalue weighted by atomic mass is 10.1. The summed E-state index contributed by atoms with van der Waals surface area (Å²) < 4.78 is 28.5. The molecule has 0 heterocycles. The van der Waals surface area contributed by atoms with Crippen LogP contribution in [0.15, 0.2) is 18.2 Å². The maximum absolute atomic E-state index is 12.1. The van der Waals surface area contributed by atoms with Crippen molar-refractivity contribution in [3.63, 3.8) is 0 Å². The SMILES string of the molecule is COC(=O)Oc1ccc(C[C@H](N)C(=O)O[C@H](C)COC(C)=O)cc1OC(=O)OC. The summed E-state index contributed by atoms with van der Waals surface area (Å²) >= 11 is 0. The number of ether oxygens (including phenoxy) is 6. The van der Waals surface area contributed by atoms with E-state index in [1.165, 1.54) is 25.1 Å². The topological polar surface area (TPSA) is 150 Å². The molecule has 2 atom stereocenters. The molecule has 0 unspecified atom stereocenters. The first kappa shape index (κ1) is 23.7. The van der Waals surface area contributed by atoms with Gasteiger partial charge in [-0.2, -0.15) is 0 Å². The van der Waals surface area contributed by atoms with E-state index in [2.05, 4.69) is 9.47 Å². The van der Waals surface area contributed by atoms with Crippen LogP contribution in [0.1, 0.15) is 19.4 Å². The van der Waals surface area contributed by atoms with Crippen LogP contribution in [0.25, 0.3) is 0 Å². The fourth-order valence-electron chi connectivity index (χ4n) is 2.00. The van der Waals surface area contributed by atoms with Gasteiger partial charge in [0.2, 0.25) is 0 Å². The molecule has 1 aromatic rings. The van der Waals surface area contributed by atoms with E-state index >= 15 is 0 Å². The molecular weight excluding hydrogens is 390 g/mol. The fraction of sp³-hybridized carbons (Fsp3) is 0.444. The average molecular weight is 413 g/mol. The molecule has 0 aliphatic rings. The van der Waals surface area contributed by atoms with Crippen LogP contribution in [-0.4, -0.2) is 57.2 Å². The number of esters is 2. The largest absolute Gasteiger partial charge is 0.513 e. The van der Waals surface area contributed by atoms with Gasteiger partial charge in [-0.3, -0.25) is 9.59 Å². The summed E-state index contributed by atoms with van der Waals surface area (Å²) in [6.45, 7) is 2.70. The number of carbonyl (C=O) groups excluding carboxylic acids is 4. The molecular formula is C18H23NO10. The molecule has 0 saturated carbocycles. The molecule has 0 aliphatic carbocycles. The number of methoxy groups -OCH3 is 2. The Morgan fingerprint density at radius 3 is 2.14 bits per heavy atom. The molecule has 0 fully saturated rings. The molecule has 11 nitrogen and oxygen atoms in total. The van der Waals surface area contributed by atoms with E-state index < -0.39 is 36.4 Å². The first-order valence-corrected chi connectivity index (χ1v) is 8.40. The smallest absolute Gasteiger partial charge is 0.462 e. The summed E-state index contributed by atoms with van der Waals surface area (Å²) in [5.41, 5.74) is 6.34. The Morgan fingerprint density at radius 1 is 1.00 bits per heavy atom. The van der Waals surface area contributed by atoms with Gasteiger partial charge in [-0.1, -0.05) is 6.07 Å². The molecule has 0 bridgehead atoms. The molecule has 11 heteroatoms. The first-order chi connectivity index (χ1) is 13.7. The molecule has 0 amide bonds. The van der Waals surface area contributed by atoms with Crippen LogP contribution in [0, 0.1) is 0 Å². The average Bonchev–Trinajstić information content (AvgIpc) is 2.67. The van der Waals surface area contributed by atoms with Crippen molar-refractivity contribution in [1.82, 2.24) is 0 Å². The highest BCUT2D eigenvalue weighted by Crippen LogP contribution is 2.29. The molecule has 0 radical (unpaired) electrons. The molecule has 29 heavy (non-hydrogen) atoms. The lowest BCUT2D eigenvalue weighted by Crippen LogP contribution is -2.37. The highest BCUT2D eigenvalue weighted by molar-refractivity contribution is 5.76. The van der Waals surface area contributed by atoms with Gasteiger partial charge in [0.25, 0.3) is 0 Å². The minimum atomic E-state index is -1.05. The number of hydrogen-bond donors (Lipinski definition) is 1. The molecule has 0 aliphatic heterocycles. The zero-order chi connectivity index (χ0) is 22.0. The van der Waals surface area contributed by atoms with Gasteiger partial charge >= 0.3 is 24.2 Å². The second-order valence-electron chi connectivity index (χ2n) is 5.75. The minimum Gasteiger partial charge on any atom is -0.462 e. The summed E-state index contributed by atoms with van der Waals surface area (Å²) in [4.78, 5) is 45.6. The Kier molecular flexibility index (Phi) is 9.39. The first-order valence-electron chi connectivity index (χ1n) is 8.40. The summed E-state index contributed by atoms with van der Waals surface area (Å²) in [5.74, 6) is -1.44. The number of hydrogen-bond acceptors (Lipinski definition) is 11. The summed E-state index contributed by atoms with van der Waals surface area (Å²) in [5, 5.41) is 0. The Balaban J connectivity index is 2.84. The van der Waals surface area contributed by atoms with Gasteiger partial charge in [-0.15, -0.1) is 0 Å². The van der Waals surface area contributed by atoms with Crippen LogP contribution in [0.4, 0.5) is 9.59 Å². The van der Waals surface area contributed by atoms with Gasteiger partial charge in [-0.05, 0) is 31.0 Å². The number of rotatable bonds is 8. The van der Waals surface area contributed by atoms with Crippen LogP contribution in [0.2, 0.25) is 0 Å². The van der Waals surface area contributed by atoms with E-state index in [1.54, 1.807) is 6.92 Å². The number of benzene rings is 1. The van der Waals surface area contributed by atoms with Crippen molar-refractivity contribution >= 4 is 24.2 Å². The zero-order valence-electron chi connectivity index (χ0n) is 16.5. The Bertz CT molecular complexity index is 748. The van der Waals surface area contributed by atoms with Crippen molar-refractivity contribution in [1.29, 1.82) is 0 Å². The van der Waals surface area contributed by atoms with E-state index in [0.29, 0.717) is 5.56 Å². The second kappa shape index (κ2) is 11.5. The van der Waals surface area contributed by atoms with Gasteiger partial charge in [-0.25, -0.2) is 9.59 Å². The van der Waals surface area contributed by atoms with Crippen LogP contribution in [0.5, 0.6) is 11.5 Å². The predicted octanol–water partition coefficient (Wildman–Crippen LogP) is 1.34. The molecule has 0 spiro atoms. The van der Waals surface area contributed by atoms with Gasteiger partial charge in [0.1, 0.15) is 18.8 Å². The number of carbonyl (C=O) groups is 4. The lowest BCUT2D eigenvalue weighted by Gasteiger charge is -2.17. The van der Waals surface area contributed by atoms with Crippen LogP contribution >= 0.6 is 0 Å². The second-order valence-corrected chi connectivity index (χ2v) is 5.75. The van der Waals surface area contributed by atoms with Crippen molar-refractivity contribution in [2.75, 3.05) is 20.8 Å². The van der Waals surface area contributed by atoms with Crippen LogP contribution in [0.3, 0.4) is 0 Å². The van der Waals surface area contributed by atoms with Gasteiger partial charge in [0, 0.05) is 6.92 Å². The summed E-state index contributed by atoms with van der Waals surface area (Å²) in [7, 11) is 2.22. The van der Waals surface area contributed by atoms with Crippen LogP contribution in [-0.2, 0) is 35.0 Å². The van der Waals surface area contributed by atoms with Gasteiger partial charge in [0.05, 0.1) is 14.2 Å². The normalized spacial score (nSPS) is 12.2. The molecule has 0 saturated heterocycles. The maximum Gasteiger partial charge on any atom is 0.513 e. The standard InChI is InChI=1S/C18H23NO10/c1-10(9-26-11(2)20)27-16(21)13(19)7-12-5-6-14(28-17(22)24-3)15(8-12)29-18(23)25-4/h5-6,8,10,13H,7,9,19H2,1-4H3/t10-,13+/m1/s1. The third kappa shape index (κ3) is 8.47. The Hall–Kier alpha value is -3.34. The predicted molar refractivity (Wildman–Crippen MR) is 96.4 cm³/mol. The molecule has 1 aromatic carbocycles.